The van der Waals surface area contributed by atoms with Crippen molar-refractivity contribution in [3.05, 3.63) is 35.9 Å². The summed E-state index contributed by atoms with van der Waals surface area (Å²) >= 11 is 0. The molecule has 1 unspecified atom stereocenters. The average Bonchev–Trinajstić information content (AvgIpc) is 3.36. The number of oxime groups is 1. The van der Waals surface area contributed by atoms with E-state index in [0.717, 1.165) is 12.5 Å². The third kappa shape index (κ3) is 3.31. The van der Waals surface area contributed by atoms with Gasteiger partial charge in [-0.05, 0) is 37.2 Å². The Labute approximate surface area is 120 Å². The third-order valence-electron chi connectivity index (χ3n) is 4.30. The lowest BCUT2D eigenvalue weighted by atomic mass is 10.0. The van der Waals surface area contributed by atoms with Crippen LogP contribution in [0, 0.1) is 5.92 Å². The molecule has 0 aromatic heterocycles. The maximum atomic E-state index is 8.91. The molecule has 20 heavy (non-hydrogen) atoms. The smallest absolute Gasteiger partial charge is 0.141 e. The quantitative estimate of drug-likeness (QED) is 0.347. The van der Waals surface area contributed by atoms with Gasteiger partial charge in [0.25, 0.3) is 0 Å². The van der Waals surface area contributed by atoms with E-state index in [4.69, 9.17) is 10.9 Å². The first-order valence-corrected chi connectivity index (χ1v) is 7.55. The molecule has 2 aliphatic carbocycles. The van der Waals surface area contributed by atoms with Gasteiger partial charge in [0.2, 0.25) is 0 Å². The Hall–Kier alpha value is -1.55. The van der Waals surface area contributed by atoms with Crippen molar-refractivity contribution in [2.75, 3.05) is 6.54 Å². The Morgan fingerprint density at radius 2 is 1.95 bits per heavy atom. The number of benzene rings is 1. The monoisotopic (exact) mass is 273 g/mol. The summed E-state index contributed by atoms with van der Waals surface area (Å²) < 4.78 is 0. The molecule has 0 amide bonds. The SMILES string of the molecule is NC(CC(c1ccccc1)N(CC1CC1)C1CC1)=NO. The summed E-state index contributed by atoms with van der Waals surface area (Å²) in [6.07, 6.45) is 5.88. The summed E-state index contributed by atoms with van der Waals surface area (Å²) in [5.74, 6) is 1.18. The second kappa shape index (κ2) is 5.83. The van der Waals surface area contributed by atoms with Gasteiger partial charge >= 0.3 is 0 Å². The van der Waals surface area contributed by atoms with Crippen LogP contribution in [0.15, 0.2) is 35.5 Å². The topological polar surface area (TPSA) is 61.8 Å². The highest BCUT2D eigenvalue weighted by atomic mass is 16.4. The molecule has 0 aliphatic heterocycles. The van der Waals surface area contributed by atoms with E-state index in [9.17, 15) is 0 Å². The van der Waals surface area contributed by atoms with E-state index < -0.39 is 0 Å². The maximum Gasteiger partial charge on any atom is 0.141 e. The summed E-state index contributed by atoms with van der Waals surface area (Å²) in [5, 5.41) is 12.1. The first-order valence-electron chi connectivity index (χ1n) is 7.55. The van der Waals surface area contributed by atoms with Crippen molar-refractivity contribution in [2.24, 2.45) is 16.8 Å². The standard InChI is InChI=1S/C16H23N3O/c17-16(18-20)10-15(13-4-2-1-3-5-13)19(14-8-9-14)11-12-6-7-12/h1-5,12,14-15,20H,6-11H2,(H2,17,18). The zero-order valence-corrected chi connectivity index (χ0v) is 11.8. The number of hydrogen-bond acceptors (Lipinski definition) is 3. The molecule has 3 N–H and O–H groups in total. The Kier molecular flexibility index (Phi) is 3.92. The third-order valence-corrected chi connectivity index (χ3v) is 4.30. The predicted octanol–water partition coefficient (Wildman–Crippen LogP) is 2.74. The highest BCUT2D eigenvalue weighted by molar-refractivity contribution is 5.80. The van der Waals surface area contributed by atoms with Crippen LogP contribution >= 0.6 is 0 Å². The van der Waals surface area contributed by atoms with Crippen LogP contribution in [-0.4, -0.2) is 28.5 Å². The Morgan fingerprint density at radius 3 is 2.50 bits per heavy atom. The highest BCUT2D eigenvalue weighted by Gasteiger charge is 2.38. The molecule has 1 aromatic rings. The van der Waals surface area contributed by atoms with Crippen molar-refractivity contribution < 1.29 is 5.21 Å². The van der Waals surface area contributed by atoms with Crippen molar-refractivity contribution in [3.8, 4) is 0 Å². The van der Waals surface area contributed by atoms with Gasteiger partial charge in [-0.1, -0.05) is 35.5 Å². The van der Waals surface area contributed by atoms with E-state index in [1.165, 1.54) is 31.2 Å². The minimum atomic E-state index is 0.236. The fraction of sp³-hybridized carbons (Fsp3) is 0.562. The molecule has 2 saturated carbocycles. The summed E-state index contributed by atoms with van der Waals surface area (Å²) in [6, 6.07) is 11.4. The second-order valence-corrected chi connectivity index (χ2v) is 6.09. The molecule has 0 saturated heterocycles. The molecular formula is C16H23N3O. The minimum absolute atomic E-state index is 0.236. The Morgan fingerprint density at radius 1 is 1.25 bits per heavy atom. The van der Waals surface area contributed by atoms with E-state index in [-0.39, 0.29) is 6.04 Å². The van der Waals surface area contributed by atoms with Crippen molar-refractivity contribution >= 4 is 5.84 Å². The fourth-order valence-electron chi connectivity index (χ4n) is 2.88. The Balaban J connectivity index is 1.82. The van der Waals surface area contributed by atoms with Crippen molar-refractivity contribution in [1.29, 1.82) is 0 Å². The summed E-state index contributed by atoms with van der Waals surface area (Å²) in [4.78, 5) is 2.59. The van der Waals surface area contributed by atoms with Crippen LogP contribution in [0.1, 0.15) is 43.7 Å². The molecule has 2 fully saturated rings. The van der Waals surface area contributed by atoms with Gasteiger partial charge in [-0.3, -0.25) is 4.90 Å². The molecule has 0 radical (unpaired) electrons. The number of rotatable bonds is 7. The van der Waals surface area contributed by atoms with Gasteiger partial charge in [0, 0.05) is 25.0 Å². The van der Waals surface area contributed by atoms with Gasteiger partial charge in [-0.15, -0.1) is 0 Å². The number of nitrogens with two attached hydrogens (primary N) is 1. The lowest BCUT2D eigenvalue weighted by Crippen LogP contribution is -2.35. The number of amidine groups is 1. The van der Waals surface area contributed by atoms with E-state index >= 15 is 0 Å². The normalized spacial score (nSPS) is 21.1. The van der Waals surface area contributed by atoms with Gasteiger partial charge < -0.3 is 10.9 Å². The van der Waals surface area contributed by atoms with Crippen LogP contribution in [0.3, 0.4) is 0 Å². The predicted molar refractivity (Wildman–Crippen MR) is 79.7 cm³/mol. The maximum absolute atomic E-state index is 8.91. The molecule has 2 aliphatic rings. The van der Waals surface area contributed by atoms with Gasteiger partial charge in [-0.2, -0.15) is 0 Å². The van der Waals surface area contributed by atoms with Crippen LogP contribution in [0.25, 0.3) is 0 Å². The van der Waals surface area contributed by atoms with Crippen LogP contribution in [0.5, 0.6) is 0 Å². The molecule has 1 atom stereocenters. The largest absolute Gasteiger partial charge is 0.409 e. The number of nitrogens with zero attached hydrogens (tertiary/aromatic N) is 2. The van der Waals surface area contributed by atoms with Gasteiger partial charge in [0.1, 0.15) is 5.84 Å². The molecule has 0 spiro atoms. The van der Waals surface area contributed by atoms with Crippen LogP contribution < -0.4 is 5.73 Å². The zero-order chi connectivity index (χ0) is 13.9. The lowest BCUT2D eigenvalue weighted by Gasteiger charge is -2.32. The van der Waals surface area contributed by atoms with Crippen LogP contribution in [0.2, 0.25) is 0 Å². The van der Waals surface area contributed by atoms with Gasteiger partial charge in [0.15, 0.2) is 0 Å². The van der Waals surface area contributed by atoms with Crippen LogP contribution in [0.4, 0.5) is 0 Å². The van der Waals surface area contributed by atoms with E-state index in [2.05, 4.69) is 34.3 Å². The first-order chi connectivity index (χ1) is 9.78. The molecule has 4 nitrogen and oxygen atoms in total. The van der Waals surface area contributed by atoms with Crippen LogP contribution in [-0.2, 0) is 0 Å². The second-order valence-electron chi connectivity index (χ2n) is 6.09. The minimum Gasteiger partial charge on any atom is -0.409 e. The molecule has 1 aromatic carbocycles. The highest BCUT2D eigenvalue weighted by Crippen LogP contribution is 2.40. The van der Waals surface area contributed by atoms with Crippen molar-refractivity contribution in [1.82, 2.24) is 4.90 Å². The average molecular weight is 273 g/mol. The fourth-order valence-corrected chi connectivity index (χ4v) is 2.88. The summed E-state index contributed by atoms with van der Waals surface area (Å²) in [5.41, 5.74) is 7.06. The summed E-state index contributed by atoms with van der Waals surface area (Å²) in [6.45, 7) is 1.16. The lowest BCUT2D eigenvalue weighted by molar-refractivity contribution is 0.181. The molecule has 4 heteroatoms. The molecule has 108 valence electrons. The first kappa shape index (κ1) is 13.4. The summed E-state index contributed by atoms with van der Waals surface area (Å²) in [7, 11) is 0. The molecular weight excluding hydrogens is 250 g/mol. The molecule has 3 rings (SSSR count). The van der Waals surface area contributed by atoms with E-state index in [1.807, 2.05) is 6.07 Å². The van der Waals surface area contributed by atoms with E-state index in [1.54, 1.807) is 0 Å². The van der Waals surface area contributed by atoms with Gasteiger partial charge in [0.05, 0.1) is 0 Å². The molecule has 0 heterocycles. The Bertz CT molecular complexity index is 466. The molecule has 0 bridgehead atoms. The zero-order valence-electron chi connectivity index (χ0n) is 11.8. The number of hydrogen-bond donors (Lipinski definition) is 2. The van der Waals surface area contributed by atoms with Gasteiger partial charge in [-0.25, -0.2) is 0 Å². The van der Waals surface area contributed by atoms with Crippen molar-refractivity contribution in [2.45, 2.75) is 44.2 Å². The van der Waals surface area contributed by atoms with E-state index in [0.29, 0.717) is 18.3 Å². The van der Waals surface area contributed by atoms with Crippen molar-refractivity contribution in [3.63, 3.8) is 0 Å².